The Bertz CT molecular complexity index is 1270. The molecule has 0 saturated carbocycles. The molecule has 1 N–H and O–H groups in total. The Morgan fingerprint density at radius 3 is 2.64 bits per heavy atom. The van der Waals surface area contributed by atoms with Crippen molar-refractivity contribution in [3.63, 3.8) is 0 Å². The average Bonchev–Trinajstić information content (AvgIpc) is 3.10. The summed E-state index contributed by atoms with van der Waals surface area (Å²) < 4.78 is 5.69. The Morgan fingerprint density at radius 2 is 1.91 bits per heavy atom. The van der Waals surface area contributed by atoms with E-state index in [9.17, 15) is 14.7 Å². The third kappa shape index (κ3) is 3.51. The molecule has 1 aromatic heterocycles. The van der Waals surface area contributed by atoms with Gasteiger partial charge in [-0.15, -0.1) is 0 Å². The molecule has 1 amide bonds. The highest BCUT2D eigenvalue weighted by atomic mass is 16.5. The van der Waals surface area contributed by atoms with Crippen molar-refractivity contribution < 1.29 is 19.4 Å². The van der Waals surface area contributed by atoms with Gasteiger partial charge in [-0.05, 0) is 48.9 Å². The molecule has 3 heterocycles. The first-order valence-corrected chi connectivity index (χ1v) is 10.7. The largest absolute Gasteiger partial charge is 0.507 e. The predicted octanol–water partition coefficient (Wildman–Crippen LogP) is 3.84. The molecule has 1 fully saturated rings. The van der Waals surface area contributed by atoms with Gasteiger partial charge < -0.3 is 14.7 Å². The highest BCUT2D eigenvalue weighted by Gasteiger charge is 2.47. The second-order valence-corrected chi connectivity index (χ2v) is 8.24. The van der Waals surface area contributed by atoms with Crippen molar-refractivity contribution in [1.29, 1.82) is 0 Å². The highest BCUT2D eigenvalue weighted by molar-refractivity contribution is 6.51. The summed E-state index contributed by atoms with van der Waals surface area (Å²) in [6.45, 7) is 3.25. The number of aliphatic hydroxyl groups excluding tert-OH is 1. The molecular formula is C26H23N3O4. The van der Waals surface area contributed by atoms with Crippen molar-refractivity contribution in [2.45, 2.75) is 13.0 Å². The molecule has 5 rings (SSSR count). The molecule has 2 aliphatic rings. The van der Waals surface area contributed by atoms with E-state index in [0.717, 1.165) is 11.3 Å². The van der Waals surface area contributed by atoms with Gasteiger partial charge in [0.05, 0.1) is 23.8 Å². The van der Waals surface area contributed by atoms with E-state index >= 15 is 0 Å². The number of anilines is 2. The maximum absolute atomic E-state index is 13.2. The van der Waals surface area contributed by atoms with Crippen LogP contribution in [0.25, 0.3) is 5.76 Å². The van der Waals surface area contributed by atoms with Crippen molar-refractivity contribution in [2.75, 3.05) is 30.0 Å². The molecule has 166 valence electrons. The van der Waals surface area contributed by atoms with Gasteiger partial charge in [-0.2, -0.15) is 0 Å². The van der Waals surface area contributed by atoms with Gasteiger partial charge >= 0.3 is 0 Å². The summed E-state index contributed by atoms with van der Waals surface area (Å²) in [5.41, 5.74) is 3.55. The summed E-state index contributed by atoms with van der Waals surface area (Å²) >= 11 is 0. The first kappa shape index (κ1) is 20.8. The second-order valence-electron chi connectivity index (χ2n) is 8.24. The summed E-state index contributed by atoms with van der Waals surface area (Å²) in [6.07, 6.45) is 3.24. The average molecular weight is 441 g/mol. The fourth-order valence-electron chi connectivity index (χ4n) is 4.31. The number of Topliss-reactive ketones (excluding diaryl/α,β-unsaturated/α-hetero) is 1. The van der Waals surface area contributed by atoms with Gasteiger partial charge in [0.1, 0.15) is 18.1 Å². The van der Waals surface area contributed by atoms with Crippen LogP contribution in [-0.2, 0) is 9.59 Å². The number of rotatable bonds is 3. The minimum atomic E-state index is -0.800. The van der Waals surface area contributed by atoms with Gasteiger partial charge in [0.15, 0.2) is 0 Å². The molecule has 1 atom stereocenters. The number of pyridine rings is 1. The molecule has 33 heavy (non-hydrogen) atoms. The van der Waals surface area contributed by atoms with E-state index in [4.69, 9.17) is 4.74 Å². The molecule has 0 aliphatic carbocycles. The predicted molar refractivity (Wildman–Crippen MR) is 125 cm³/mol. The zero-order chi connectivity index (χ0) is 23.1. The van der Waals surface area contributed by atoms with E-state index in [1.807, 2.05) is 31.0 Å². The SMILES string of the molecule is Cc1ccc(N2C(=O)C(=O)/C(=C(\O)c3ccc4c(c3)N(C)CCO4)C2c2cccnc2)cc1. The van der Waals surface area contributed by atoms with Crippen LogP contribution in [0.4, 0.5) is 11.4 Å². The van der Waals surface area contributed by atoms with E-state index < -0.39 is 17.7 Å². The van der Waals surface area contributed by atoms with Crippen LogP contribution in [0.2, 0.25) is 0 Å². The number of amides is 1. The fraction of sp³-hybridized carbons (Fsp3) is 0.192. The number of hydrogen-bond donors (Lipinski definition) is 1. The topological polar surface area (TPSA) is 83.0 Å². The van der Waals surface area contributed by atoms with Crippen LogP contribution in [0.15, 0.2) is 72.6 Å². The Kier molecular flexibility index (Phi) is 5.09. The van der Waals surface area contributed by atoms with Crippen LogP contribution in [0.3, 0.4) is 0 Å². The minimum Gasteiger partial charge on any atom is -0.507 e. The van der Waals surface area contributed by atoms with Crippen molar-refractivity contribution in [1.82, 2.24) is 4.98 Å². The van der Waals surface area contributed by atoms with Crippen molar-refractivity contribution in [2.24, 2.45) is 0 Å². The Morgan fingerprint density at radius 1 is 1.12 bits per heavy atom. The monoisotopic (exact) mass is 441 g/mol. The molecular weight excluding hydrogens is 418 g/mol. The number of aryl methyl sites for hydroxylation is 1. The van der Waals surface area contributed by atoms with Crippen LogP contribution in [0.1, 0.15) is 22.7 Å². The van der Waals surface area contributed by atoms with E-state index in [0.29, 0.717) is 35.7 Å². The van der Waals surface area contributed by atoms with E-state index in [-0.39, 0.29) is 11.3 Å². The van der Waals surface area contributed by atoms with Crippen LogP contribution in [-0.4, -0.2) is 42.0 Å². The molecule has 2 aromatic carbocycles. The second kappa shape index (κ2) is 8.09. The third-order valence-electron chi connectivity index (χ3n) is 6.08. The molecule has 0 bridgehead atoms. The number of ketones is 1. The number of nitrogens with zero attached hydrogens (tertiary/aromatic N) is 3. The van der Waals surface area contributed by atoms with Gasteiger partial charge in [-0.3, -0.25) is 19.5 Å². The lowest BCUT2D eigenvalue weighted by atomic mass is 9.95. The number of ether oxygens (including phenoxy) is 1. The quantitative estimate of drug-likeness (QED) is 0.378. The molecule has 3 aromatic rings. The standard InChI is InChI=1S/C26H23N3O4/c1-16-5-8-19(9-6-16)29-23(18-4-3-11-27-15-18)22(25(31)26(29)32)24(30)17-7-10-21-20(14-17)28(2)12-13-33-21/h3-11,14-15,23,30H,12-13H2,1-2H3/b24-22-. The normalized spacial score (nSPS) is 19.4. The first-order valence-electron chi connectivity index (χ1n) is 10.7. The molecule has 1 saturated heterocycles. The van der Waals surface area contributed by atoms with Crippen LogP contribution in [0, 0.1) is 6.92 Å². The summed E-state index contributed by atoms with van der Waals surface area (Å²) in [6, 6.07) is 15.4. The van der Waals surface area contributed by atoms with Crippen LogP contribution < -0.4 is 14.5 Å². The van der Waals surface area contributed by atoms with E-state index in [2.05, 4.69) is 4.98 Å². The van der Waals surface area contributed by atoms with Gasteiger partial charge in [-0.1, -0.05) is 23.8 Å². The molecule has 1 unspecified atom stereocenters. The summed E-state index contributed by atoms with van der Waals surface area (Å²) in [4.78, 5) is 34.1. The lowest BCUT2D eigenvalue weighted by Gasteiger charge is -2.28. The summed E-state index contributed by atoms with van der Waals surface area (Å²) in [7, 11) is 1.94. The van der Waals surface area contributed by atoms with Gasteiger partial charge in [0, 0.05) is 30.7 Å². The van der Waals surface area contributed by atoms with Gasteiger partial charge in [0.25, 0.3) is 11.7 Å². The summed E-state index contributed by atoms with van der Waals surface area (Å²) in [5, 5.41) is 11.3. The molecule has 2 aliphatic heterocycles. The molecule has 0 radical (unpaired) electrons. The third-order valence-corrected chi connectivity index (χ3v) is 6.08. The number of hydrogen-bond acceptors (Lipinski definition) is 6. The number of carbonyl (C=O) groups excluding carboxylic acids is 2. The van der Waals surface area contributed by atoms with Crippen molar-refractivity contribution in [3.05, 3.63) is 89.3 Å². The van der Waals surface area contributed by atoms with Crippen molar-refractivity contribution in [3.8, 4) is 5.75 Å². The molecule has 7 nitrogen and oxygen atoms in total. The lowest BCUT2D eigenvalue weighted by Crippen LogP contribution is -2.29. The van der Waals surface area contributed by atoms with Crippen LogP contribution >= 0.6 is 0 Å². The number of benzene rings is 2. The van der Waals surface area contributed by atoms with E-state index in [1.165, 1.54) is 4.90 Å². The maximum Gasteiger partial charge on any atom is 0.300 e. The number of aromatic nitrogens is 1. The highest BCUT2D eigenvalue weighted by Crippen LogP contribution is 2.43. The van der Waals surface area contributed by atoms with Gasteiger partial charge in [0.2, 0.25) is 0 Å². The Balaban J connectivity index is 1.69. The minimum absolute atomic E-state index is 0.0351. The lowest BCUT2D eigenvalue weighted by molar-refractivity contribution is -0.132. The van der Waals surface area contributed by atoms with Crippen molar-refractivity contribution >= 4 is 28.8 Å². The van der Waals surface area contributed by atoms with Crippen LogP contribution in [0.5, 0.6) is 5.75 Å². The Labute approximate surface area is 191 Å². The Hall–Kier alpha value is -4.13. The zero-order valence-electron chi connectivity index (χ0n) is 18.4. The number of carbonyl (C=O) groups is 2. The maximum atomic E-state index is 13.2. The smallest absolute Gasteiger partial charge is 0.300 e. The molecule has 7 heteroatoms. The van der Waals surface area contributed by atoms with E-state index in [1.54, 1.807) is 54.9 Å². The molecule has 0 spiro atoms. The number of likely N-dealkylation sites (N-methyl/N-ethyl adjacent to an activating group) is 1. The van der Waals surface area contributed by atoms with Gasteiger partial charge in [-0.25, -0.2) is 0 Å². The zero-order valence-corrected chi connectivity index (χ0v) is 18.4. The summed E-state index contributed by atoms with van der Waals surface area (Å²) in [5.74, 6) is -0.931. The number of fused-ring (bicyclic) bond motifs is 1. The number of aliphatic hydroxyl groups is 1. The fourth-order valence-corrected chi connectivity index (χ4v) is 4.31. The first-order chi connectivity index (χ1) is 16.0.